The van der Waals surface area contributed by atoms with Gasteiger partial charge < -0.3 is 75.8 Å². The summed E-state index contributed by atoms with van der Waals surface area (Å²) in [5, 5.41) is 0. The third-order valence-corrected chi connectivity index (χ3v) is 17.3. The molecule has 632 valence electrons. The van der Waals surface area contributed by atoms with Crippen LogP contribution in [0.3, 0.4) is 0 Å². The Balaban J connectivity index is 1.32. The van der Waals surface area contributed by atoms with Crippen LogP contribution in [0.5, 0.6) is 0 Å². The first-order valence-electron chi connectivity index (χ1n) is 37.3. The molecule has 0 fully saturated rings. The van der Waals surface area contributed by atoms with Crippen LogP contribution in [0.25, 0.3) is 0 Å². The number of carbonyl (C=O) groups excluding carboxylic acids is 16. The zero-order valence-corrected chi connectivity index (χ0v) is 67.2. The van der Waals surface area contributed by atoms with E-state index in [2.05, 4.69) is 9.47 Å². The second-order valence-corrected chi connectivity index (χ2v) is 26.8. The highest BCUT2D eigenvalue weighted by molar-refractivity contribution is 6.06. The topological polar surface area (TPSA) is 421 Å². The van der Waals surface area contributed by atoms with Gasteiger partial charge in [-0.2, -0.15) is 0 Å². The summed E-state index contributed by atoms with van der Waals surface area (Å²) < 4.78 is 85.5. The highest BCUT2D eigenvalue weighted by Gasteiger charge is 2.36. The maximum Gasteiger partial charge on any atom is 0.339 e. The molecular formula is C87H92O32. The summed E-state index contributed by atoms with van der Waals surface area (Å²) in [7, 11) is 4.52. The average Bonchev–Trinajstić information content (AvgIpc) is 0.823. The van der Waals surface area contributed by atoms with E-state index >= 15 is 9.59 Å². The Bertz CT molecular complexity index is 4640. The zero-order chi connectivity index (χ0) is 87.3. The van der Waals surface area contributed by atoms with Gasteiger partial charge in [-0.05, 0) is 120 Å². The molecule has 0 N–H and O–H groups in total. The number of ether oxygens (including phenoxy) is 16. The van der Waals surface area contributed by atoms with Crippen LogP contribution in [0.2, 0.25) is 0 Å². The normalized spacial score (nSPS) is 13.6. The van der Waals surface area contributed by atoms with Gasteiger partial charge in [0.05, 0.1) is 103 Å². The summed E-state index contributed by atoms with van der Waals surface area (Å²) in [6.45, 7) is 6.27. The fourth-order valence-corrected chi connectivity index (χ4v) is 11.4. The number of methoxy groups -OCH3 is 4. The first-order valence-corrected chi connectivity index (χ1v) is 37.3. The molecule has 6 aromatic rings. The van der Waals surface area contributed by atoms with E-state index in [1.54, 1.807) is 60.7 Å². The van der Waals surface area contributed by atoms with Crippen LogP contribution in [0, 0.1) is 11.8 Å². The van der Waals surface area contributed by atoms with Crippen LogP contribution in [-0.2, 0) is 114 Å². The first kappa shape index (κ1) is 94.2. The number of carbonyl (C=O) groups is 16. The van der Waals surface area contributed by atoms with Gasteiger partial charge in [-0.3, -0.25) is 19.2 Å². The number of esters is 16. The number of hydrogen-bond donors (Lipinski definition) is 0. The van der Waals surface area contributed by atoms with Crippen molar-refractivity contribution in [2.24, 2.45) is 11.8 Å². The van der Waals surface area contributed by atoms with Gasteiger partial charge >= 0.3 is 95.5 Å². The van der Waals surface area contributed by atoms with Crippen LogP contribution >= 0.6 is 0 Å². The molecule has 0 saturated heterocycles. The fraction of sp³-hybridized carbons (Fsp3) is 0.356. The molecule has 0 amide bonds. The van der Waals surface area contributed by atoms with E-state index < -0.39 is 207 Å². The lowest BCUT2D eigenvalue weighted by molar-refractivity contribution is -0.160. The molecule has 119 heavy (non-hydrogen) atoms. The lowest BCUT2D eigenvalue weighted by Crippen LogP contribution is -2.30. The van der Waals surface area contributed by atoms with Crippen molar-refractivity contribution in [1.82, 2.24) is 0 Å². The Labute approximate surface area is 684 Å². The van der Waals surface area contributed by atoms with E-state index in [0.29, 0.717) is 11.1 Å². The van der Waals surface area contributed by atoms with Gasteiger partial charge in [0, 0.05) is 24.1 Å². The summed E-state index contributed by atoms with van der Waals surface area (Å²) in [6, 6.07) is 38.6. The number of benzene rings is 6. The molecule has 6 aromatic carbocycles. The highest BCUT2D eigenvalue weighted by atomic mass is 16.6. The van der Waals surface area contributed by atoms with Gasteiger partial charge in [0.25, 0.3) is 0 Å². The second kappa shape index (κ2) is 48.0. The highest BCUT2D eigenvalue weighted by Crippen LogP contribution is 2.40. The van der Waals surface area contributed by atoms with Crippen LogP contribution in [-0.4, -0.2) is 200 Å². The molecule has 0 aliphatic carbocycles. The Morgan fingerprint density at radius 2 is 0.622 bits per heavy atom. The lowest BCUT2D eigenvalue weighted by Gasteiger charge is -2.29. The van der Waals surface area contributed by atoms with Crippen LogP contribution < -0.4 is 0 Å². The lowest BCUT2D eigenvalue weighted by atomic mass is 9.76. The quantitative estimate of drug-likeness (QED) is 0.0195. The Kier molecular flexibility index (Phi) is 38.0. The average molecular weight is 1650 g/mol. The summed E-state index contributed by atoms with van der Waals surface area (Å²) in [6.07, 6.45) is -6.29. The molecule has 32 heteroatoms. The SMILES string of the molecule is COC(=O)/C=C\C(=O)OC(C)COC(=O)c1ccccc1C(=O)OC(C)COC(=O)/C(=C\C(=O)OC(C)COC(=O)c1ccccc1C(=O)OC)C(CC(CC(CC(=O)OC(C)COC(=O)c1ccccc1C(=O)OC)C(=O)OCC(C)OC(=O)c1ccccc1C(=O)OCC(C)OC(=O)CC(C)C(=O)OC)c1ccccc1)c1ccccc1. The third kappa shape index (κ3) is 30.5. The van der Waals surface area contributed by atoms with Crippen molar-refractivity contribution >= 4 is 95.5 Å². The summed E-state index contributed by atoms with van der Waals surface area (Å²) in [5.41, 5.74) is -1.24. The predicted molar refractivity (Wildman–Crippen MR) is 414 cm³/mol. The largest absolute Gasteiger partial charge is 0.469 e. The molecule has 0 aliphatic rings. The molecule has 0 saturated carbocycles. The Morgan fingerprint density at radius 3 is 1.02 bits per heavy atom. The van der Waals surface area contributed by atoms with Crippen molar-refractivity contribution in [3.63, 3.8) is 0 Å². The molecule has 0 aliphatic heterocycles. The van der Waals surface area contributed by atoms with Gasteiger partial charge in [0.2, 0.25) is 0 Å². The first-order chi connectivity index (χ1) is 56.8. The summed E-state index contributed by atoms with van der Waals surface area (Å²) >= 11 is 0. The standard InChI is InChI=1S/C87H92O32/c1-51(77(93)105-9)40-74(90)115-53(3)46-112-84(100)67-35-23-24-36-68(67)86(102)118-56(6)49-108-78(94)61(43-75(91)116-54(4)47-110-81(97)64-32-20-18-30-62(64)79(95)106-10)41-60(58-26-14-12-15-27-58)42-70(59-28-16-13-17-29-59)71(44-76(92)117-55(5)48-111-82(98)65-33-21-19-31-63(65)80(96)107-11)85(101)113-50-57(7)119-87(103)69-37-25-22-34-66(69)83(99)109-45-52(2)114-73(89)39-38-72(88)104-8/h12-39,44,51-57,60-61,70H,40-43,45-50H2,1-11H3/b39-38-,71-44-. The summed E-state index contributed by atoms with van der Waals surface area (Å²) in [4.78, 5) is 214. The molecule has 0 radical (unpaired) electrons. The van der Waals surface area contributed by atoms with Crippen molar-refractivity contribution < 1.29 is 153 Å². The van der Waals surface area contributed by atoms with Crippen molar-refractivity contribution in [2.75, 3.05) is 68.1 Å². The Hall–Kier alpha value is -13.7. The molecule has 0 aromatic heterocycles. The van der Waals surface area contributed by atoms with Gasteiger partial charge in [0.1, 0.15) is 76.3 Å². The van der Waals surface area contributed by atoms with Gasteiger partial charge in [-0.15, -0.1) is 0 Å². The molecule has 0 heterocycles. The third-order valence-electron chi connectivity index (χ3n) is 17.3. The molecule has 32 nitrogen and oxygen atoms in total. The van der Waals surface area contributed by atoms with E-state index in [4.69, 9.17) is 66.3 Å². The smallest absolute Gasteiger partial charge is 0.339 e. The molecule has 6 rings (SSSR count). The van der Waals surface area contributed by atoms with E-state index in [9.17, 15) is 67.1 Å². The van der Waals surface area contributed by atoms with E-state index in [0.717, 1.165) is 39.6 Å². The fourth-order valence-electron chi connectivity index (χ4n) is 11.4. The molecular weight excluding hydrogens is 1560 g/mol. The second-order valence-electron chi connectivity index (χ2n) is 26.8. The van der Waals surface area contributed by atoms with Crippen molar-refractivity contribution in [1.29, 1.82) is 0 Å². The maximum atomic E-state index is 15.2. The molecule has 10 unspecified atom stereocenters. The molecule has 0 spiro atoms. The minimum atomic E-state index is -1.52. The summed E-state index contributed by atoms with van der Waals surface area (Å²) in [5.74, 6) is -20.1. The Morgan fingerprint density at radius 1 is 0.294 bits per heavy atom. The van der Waals surface area contributed by atoms with Crippen molar-refractivity contribution in [3.8, 4) is 0 Å². The van der Waals surface area contributed by atoms with Crippen molar-refractivity contribution in [3.05, 3.63) is 237 Å². The minimum Gasteiger partial charge on any atom is -0.469 e. The predicted octanol–water partition coefficient (Wildman–Crippen LogP) is 10.1. The van der Waals surface area contributed by atoms with Gasteiger partial charge in [-0.1, -0.05) is 116 Å². The molecule has 0 bridgehead atoms. The van der Waals surface area contributed by atoms with Crippen molar-refractivity contribution in [2.45, 2.75) is 123 Å². The van der Waals surface area contributed by atoms with E-state index in [1.807, 2.05) is 0 Å². The minimum absolute atomic E-state index is 0.110. The van der Waals surface area contributed by atoms with Crippen LogP contribution in [0.15, 0.2) is 182 Å². The van der Waals surface area contributed by atoms with Gasteiger partial charge in [0.15, 0.2) is 0 Å². The number of rotatable bonds is 43. The monoisotopic (exact) mass is 1650 g/mol. The van der Waals surface area contributed by atoms with E-state index in [1.165, 1.54) is 153 Å². The maximum absolute atomic E-state index is 15.2. The van der Waals surface area contributed by atoms with E-state index in [-0.39, 0.29) is 63.8 Å². The van der Waals surface area contributed by atoms with Gasteiger partial charge in [-0.25, -0.2) is 57.5 Å². The number of hydrogen-bond acceptors (Lipinski definition) is 32. The molecule has 10 atom stereocenters. The van der Waals surface area contributed by atoms with Crippen LogP contribution in [0.4, 0.5) is 0 Å². The zero-order valence-electron chi connectivity index (χ0n) is 67.2. The van der Waals surface area contributed by atoms with Crippen LogP contribution in [0.1, 0.15) is 180 Å².